The molecule has 0 atom stereocenters. The minimum atomic E-state index is -3.92. The van der Waals surface area contributed by atoms with Crippen LogP contribution in [0.1, 0.15) is 6.42 Å². The average Bonchev–Trinajstić information content (AvgIpc) is 2.90. The van der Waals surface area contributed by atoms with Crippen molar-refractivity contribution in [2.24, 2.45) is 5.73 Å². The summed E-state index contributed by atoms with van der Waals surface area (Å²) >= 11 is 5.72. The maximum atomic E-state index is 13.6. The van der Waals surface area contributed by atoms with Gasteiger partial charge in [0.25, 0.3) is 10.0 Å². The molecule has 1 heterocycles. The van der Waals surface area contributed by atoms with Gasteiger partial charge in [0.1, 0.15) is 10.7 Å². The Bertz CT molecular complexity index is 733. The maximum Gasteiger partial charge on any atom is 0.265 e. The number of hydrogen-bond acceptors (Lipinski definition) is 4. The molecule has 3 N–H and O–H groups in total. The van der Waals surface area contributed by atoms with E-state index in [-0.39, 0.29) is 15.6 Å². The number of hydrogen-bond donors (Lipinski definition) is 2. The smallest absolute Gasteiger partial charge is 0.265 e. The van der Waals surface area contributed by atoms with Crippen LogP contribution in [0.15, 0.2) is 35.5 Å². The zero-order chi connectivity index (χ0) is 15.5. The van der Waals surface area contributed by atoms with Crippen molar-refractivity contribution in [3.05, 3.63) is 41.4 Å². The summed E-state index contributed by atoms with van der Waals surface area (Å²) in [6, 6.07) is 3.62. The van der Waals surface area contributed by atoms with Crippen molar-refractivity contribution in [3.63, 3.8) is 0 Å². The second-order valence-corrected chi connectivity index (χ2v) is 6.43. The lowest BCUT2D eigenvalue weighted by molar-refractivity contribution is 0.582. The number of halogens is 2. The van der Waals surface area contributed by atoms with E-state index < -0.39 is 15.8 Å². The first-order valence-corrected chi connectivity index (χ1v) is 7.99. The minimum Gasteiger partial charge on any atom is -0.330 e. The molecule has 0 fully saturated rings. The predicted molar refractivity (Wildman–Crippen MR) is 78.1 cm³/mol. The summed E-state index contributed by atoms with van der Waals surface area (Å²) in [5.41, 5.74) is 5.17. The third kappa shape index (κ3) is 3.93. The quantitative estimate of drug-likeness (QED) is 0.844. The highest BCUT2D eigenvalue weighted by atomic mass is 35.5. The van der Waals surface area contributed by atoms with Crippen LogP contribution in [0.2, 0.25) is 5.02 Å². The van der Waals surface area contributed by atoms with Gasteiger partial charge in [0.05, 0.1) is 11.9 Å². The molecule has 6 nitrogen and oxygen atoms in total. The van der Waals surface area contributed by atoms with Crippen molar-refractivity contribution < 1.29 is 12.8 Å². The molecule has 9 heteroatoms. The molecule has 114 valence electrons. The van der Waals surface area contributed by atoms with Crippen molar-refractivity contribution in [2.45, 2.75) is 17.9 Å². The molecule has 21 heavy (non-hydrogen) atoms. The lowest BCUT2D eigenvalue weighted by Crippen LogP contribution is -2.13. The fourth-order valence-corrected chi connectivity index (χ4v) is 2.82. The molecular formula is C12H14ClFN4O2S. The van der Waals surface area contributed by atoms with Crippen molar-refractivity contribution >= 4 is 27.3 Å². The maximum absolute atomic E-state index is 13.6. The Balaban J connectivity index is 2.22. The second kappa shape index (κ2) is 6.42. The Hall–Kier alpha value is -1.64. The normalized spacial score (nSPS) is 11.6. The van der Waals surface area contributed by atoms with Crippen LogP contribution in [-0.2, 0) is 16.6 Å². The SMILES string of the molecule is NCCCn1cc(S(=O)(=O)Nc2cc(Cl)ccc2F)cn1. The van der Waals surface area contributed by atoms with Crippen LogP contribution < -0.4 is 10.5 Å². The van der Waals surface area contributed by atoms with E-state index in [0.29, 0.717) is 19.5 Å². The van der Waals surface area contributed by atoms with E-state index in [4.69, 9.17) is 17.3 Å². The number of sulfonamides is 1. The van der Waals surface area contributed by atoms with Crippen molar-refractivity contribution in [3.8, 4) is 0 Å². The van der Waals surface area contributed by atoms with Crippen LogP contribution in [0, 0.1) is 5.82 Å². The van der Waals surface area contributed by atoms with Crippen LogP contribution in [-0.4, -0.2) is 24.7 Å². The molecule has 0 saturated carbocycles. The molecule has 1 aromatic carbocycles. The van der Waals surface area contributed by atoms with Gasteiger partial charge in [-0.15, -0.1) is 0 Å². The van der Waals surface area contributed by atoms with Gasteiger partial charge in [-0.2, -0.15) is 5.10 Å². The molecule has 0 unspecified atom stereocenters. The second-order valence-electron chi connectivity index (χ2n) is 4.31. The molecule has 0 saturated heterocycles. The Labute approximate surface area is 126 Å². The lowest BCUT2D eigenvalue weighted by Gasteiger charge is -2.07. The molecule has 0 spiro atoms. The third-order valence-electron chi connectivity index (χ3n) is 2.68. The van der Waals surface area contributed by atoms with E-state index in [1.54, 1.807) is 0 Å². The van der Waals surface area contributed by atoms with Gasteiger partial charge in [0.2, 0.25) is 0 Å². The third-order valence-corrected chi connectivity index (χ3v) is 4.24. The first-order valence-electron chi connectivity index (χ1n) is 6.13. The summed E-state index contributed by atoms with van der Waals surface area (Å²) in [5, 5.41) is 4.15. The van der Waals surface area contributed by atoms with E-state index in [9.17, 15) is 12.8 Å². The molecule has 0 radical (unpaired) electrons. The molecule has 0 amide bonds. The van der Waals surface area contributed by atoms with Crippen LogP contribution in [0.25, 0.3) is 0 Å². The largest absolute Gasteiger partial charge is 0.330 e. The van der Waals surface area contributed by atoms with E-state index >= 15 is 0 Å². The highest BCUT2D eigenvalue weighted by Crippen LogP contribution is 2.22. The van der Waals surface area contributed by atoms with Crippen molar-refractivity contribution in [2.75, 3.05) is 11.3 Å². The zero-order valence-electron chi connectivity index (χ0n) is 11.0. The van der Waals surface area contributed by atoms with Crippen LogP contribution in [0.4, 0.5) is 10.1 Å². The molecular weight excluding hydrogens is 319 g/mol. The van der Waals surface area contributed by atoms with Crippen LogP contribution in [0.5, 0.6) is 0 Å². The van der Waals surface area contributed by atoms with Crippen LogP contribution >= 0.6 is 11.6 Å². The van der Waals surface area contributed by atoms with E-state index in [1.807, 2.05) is 0 Å². The number of benzene rings is 1. The highest BCUT2D eigenvalue weighted by molar-refractivity contribution is 7.92. The Morgan fingerprint density at radius 3 is 2.90 bits per heavy atom. The molecule has 1 aromatic heterocycles. The number of aromatic nitrogens is 2. The van der Waals surface area contributed by atoms with Gasteiger partial charge in [-0.1, -0.05) is 11.6 Å². The number of rotatable bonds is 6. The summed E-state index contributed by atoms with van der Waals surface area (Å²) in [6.45, 7) is 0.992. The topological polar surface area (TPSA) is 90.0 Å². The summed E-state index contributed by atoms with van der Waals surface area (Å²) in [5.74, 6) is -0.710. The predicted octanol–water partition coefficient (Wildman–Crippen LogP) is 1.83. The molecule has 2 aromatic rings. The van der Waals surface area contributed by atoms with E-state index in [0.717, 1.165) is 6.07 Å². The standard InChI is InChI=1S/C12H14ClFN4O2S/c13-9-2-3-11(14)12(6-9)17-21(19,20)10-7-16-18(8-10)5-1-4-15/h2-3,6-8,17H,1,4-5,15H2. The van der Waals surface area contributed by atoms with Gasteiger partial charge in [-0.25, -0.2) is 12.8 Å². The van der Waals surface area contributed by atoms with Gasteiger partial charge in [0.15, 0.2) is 0 Å². The Morgan fingerprint density at radius 2 is 2.19 bits per heavy atom. The van der Waals surface area contributed by atoms with Gasteiger partial charge in [-0.3, -0.25) is 9.40 Å². The summed E-state index contributed by atoms with van der Waals surface area (Å²) in [4.78, 5) is -0.0566. The molecule has 0 aliphatic heterocycles. The van der Waals surface area contributed by atoms with Gasteiger partial charge < -0.3 is 5.73 Å². The minimum absolute atomic E-state index is 0.0566. The molecule has 0 bridgehead atoms. The average molecular weight is 333 g/mol. The Morgan fingerprint density at radius 1 is 1.43 bits per heavy atom. The monoisotopic (exact) mass is 332 g/mol. The van der Waals surface area contributed by atoms with Crippen molar-refractivity contribution in [1.82, 2.24) is 9.78 Å². The number of nitrogens with zero attached hydrogens (tertiary/aromatic N) is 2. The van der Waals surface area contributed by atoms with Gasteiger partial charge in [0, 0.05) is 17.8 Å². The number of aryl methyl sites for hydroxylation is 1. The number of nitrogens with two attached hydrogens (primary N) is 1. The van der Waals surface area contributed by atoms with E-state index in [1.165, 1.54) is 29.2 Å². The number of nitrogens with one attached hydrogen (secondary N) is 1. The number of anilines is 1. The van der Waals surface area contributed by atoms with Crippen LogP contribution in [0.3, 0.4) is 0 Å². The first kappa shape index (κ1) is 15.7. The molecule has 0 aliphatic rings. The fraction of sp³-hybridized carbons (Fsp3) is 0.250. The summed E-state index contributed by atoms with van der Waals surface area (Å²) < 4.78 is 41.5. The zero-order valence-corrected chi connectivity index (χ0v) is 12.5. The van der Waals surface area contributed by atoms with Crippen molar-refractivity contribution in [1.29, 1.82) is 0 Å². The summed E-state index contributed by atoms with van der Waals surface area (Å²) in [6.07, 6.45) is 3.24. The van der Waals surface area contributed by atoms with Gasteiger partial charge >= 0.3 is 0 Å². The summed E-state index contributed by atoms with van der Waals surface area (Å²) in [7, 11) is -3.92. The first-order chi connectivity index (χ1) is 9.92. The molecule has 0 aliphatic carbocycles. The fourth-order valence-electron chi connectivity index (χ4n) is 1.64. The highest BCUT2D eigenvalue weighted by Gasteiger charge is 2.18. The van der Waals surface area contributed by atoms with E-state index in [2.05, 4.69) is 9.82 Å². The Kier molecular flexibility index (Phi) is 4.81. The lowest BCUT2D eigenvalue weighted by atomic mass is 10.3. The van der Waals surface area contributed by atoms with Gasteiger partial charge in [-0.05, 0) is 31.2 Å². The molecule has 2 rings (SSSR count).